The Hall–Kier alpha value is -2.77. The smallest absolute Gasteiger partial charge is 0.356 e. The molecule has 1 heterocycles. The molecule has 0 radical (unpaired) electrons. The zero-order valence-electron chi connectivity index (χ0n) is 22.9. The minimum absolute atomic E-state index is 0.116. The van der Waals surface area contributed by atoms with E-state index in [2.05, 4.69) is 26.0 Å². The van der Waals surface area contributed by atoms with Gasteiger partial charge in [0.1, 0.15) is 18.3 Å². The number of amides is 4. The summed E-state index contributed by atoms with van der Waals surface area (Å²) in [6.07, 6.45) is 2.17. The maximum atomic E-state index is 13.6. The minimum Gasteiger partial charge on any atom is -0.356 e. The second-order valence-corrected chi connectivity index (χ2v) is 12.2. The van der Waals surface area contributed by atoms with E-state index in [0.717, 1.165) is 32.1 Å². The van der Waals surface area contributed by atoms with E-state index in [1.165, 1.54) is 0 Å². The van der Waals surface area contributed by atoms with Crippen LogP contribution in [0, 0.1) is 17.3 Å². The molecule has 5 fully saturated rings. The van der Waals surface area contributed by atoms with Crippen molar-refractivity contribution in [2.45, 2.75) is 101 Å². The molecule has 5 aliphatic rings. The van der Waals surface area contributed by atoms with Crippen LogP contribution in [0.25, 0.3) is 0 Å². The molecule has 14 heteroatoms. The highest BCUT2D eigenvalue weighted by molar-refractivity contribution is 6.35. The van der Waals surface area contributed by atoms with Crippen LogP contribution in [0.3, 0.4) is 0 Å². The largest absolute Gasteiger partial charge is 0.522 e. The summed E-state index contributed by atoms with van der Waals surface area (Å²) in [5, 5.41) is 9.86. The predicted molar refractivity (Wildman–Crippen MR) is 136 cm³/mol. The number of unbranched alkanes of at least 4 members (excludes halogenated alkanes) is 2. The molecule has 0 aromatic heterocycles. The van der Waals surface area contributed by atoms with Gasteiger partial charge in [0, 0.05) is 19.0 Å². The van der Waals surface area contributed by atoms with Crippen molar-refractivity contribution < 1.29 is 46.3 Å². The number of ether oxygens (including phenoxy) is 1. The van der Waals surface area contributed by atoms with Gasteiger partial charge in [0.05, 0.1) is 6.04 Å². The molecule has 230 valence electrons. The number of nitrogens with one attached hydrogen (secondary N) is 4. The Morgan fingerprint density at radius 3 is 2.24 bits per heavy atom. The lowest BCUT2D eigenvalue weighted by atomic mass is 9.41. The van der Waals surface area contributed by atoms with Crippen molar-refractivity contribution >= 4 is 29.4 Å². The van der Waals surface area contributed by atoms with Gasteiger partial charge in [0.15, 0.2) is 5.78 Å². The van der Waals surface area contributed by atoms with E-state index in [0.29, 0.717) is 38.6 Å². The molecule has 1 saturated heterocycles. The fraction of sp³-hybridized carbons (Fsp3) is 0.815. The number of hydrogen-bond acceptors (Lipinski definition) is 6. The molecule has 0 aromatic carbocycles. The number of hydrogen-bond donors (Lipinski definition) is 4. The van der Waals surface area contributed by atoms with Crippen LogP contribution in [-0.4, -0.2) is 73.2 Å². The summed E-state index contributed by atoms with van der Waals surface area (Å²) in [7, 11) is 0. The van der Waals surface area contributed by atoms with E-state index in [1.54, 1.807) is 0 Å². The topological polar surface area (TPSA) is 143 Å². The number of rotatable bonds is 16. The van der Waals surface area contributed by atoms with Gasteiger partial charge in [-0.15, -0.1) is 13.2 Å². The average molecular weight is 591 g/mol. The van der Waals surface area contributed by atoms with Gasteiger partial charge in [-0.2, -0.15) is 0 Å². The van der Waals surface area contributed by atoms with Crippen molar-refractivity contribution in [3.05, 3.63) is 0 Å². The van der Waals surface area contributed by atoms with E-state index in [9.17, 15) is 41.5 Å². The summed E-state index contributed by atoms with van der Waals surface area (Å²) in [6, 6.07) is -2.64. The number of Topliss-reactive ketones (excluding diaryl/α,β-unsaturated/α-hetero) is 1. The number of carbonyl (C=O) groups excluding carboxylic acids is 5. The lowest BCUT2D eigenvalue weighted by molar-refractivity contribution is -0.321. The Morgan fingerprint density at radius 1 is 0.951 bits per heavy atom. The Bertz CT molecular complexity index is 1010. The van der Waals surface area contributed by atoms with Crippen molar-refractivity contribution in [3.63, 3.8) is 0 Å². The van der Waals surface area contributed by atoms with Gasteiger partial charge < -0.3 is 21.3 Å². The quantitative estimate of drug-likeness (QED) is 0.123. The second-order valence-electron chi connectivity index (χ2n) is 12.2. The monoisotopic (exact) mass is 590 g/mol. The fourth-order valence-corrected chi connectivity index (χ4v) is 6.30. The molecule has 0 unspecified atom stereocenters. The highest BCUT2D eigenvalue weighted by atomic mass is 19.4. The van der Waals surface area contributed by atoms with Crippen LogP contribution >= 0.6 is 0 Å². The standard InChI is InChI=1S/C27H38F4N4O6/c28-26-13-25(14-26,15-26)7-2-1-3-8-32-23(39)24(40)35-19(10-16-4-5-16)22(38)34-18(11-17-6-9-33-21(17)37)20(36)12-41-27(29,30)31/h16-19H,1-15H2,(H,32,39)(H,33,37)(H,34,38)(H,35,40)/t17-,18-,19-,25?,26?/m0/s1. The normalized spacial score (nSPS) is 28.0. The fourth-order valence-electron chi connectivity index (χ4n) is 6.30. The summed E-state index contributed by atoms with van der Waals surface area (Å²) < 4.78 is 54.8. The van der Waals surface area contributed by atoms with Gasteiger partial charge in [-0.1, -0.05) is 25.7 Å². The first-order chi connectivity index (χ1) is 19.3. The van der Waals surface area contributed by atoms with Crippen molar-refractivity contribution in [1.82, 2.24) is 21.3 Å². The minimum atomic E-state index is -5.06. The SMILES string of the molecule is O=C(NCCCCCC12CC(F)(C1)C2)C(=O)N[C@@H](CC1CC1)C(=O)N[C@@H](C[C@@H]1CCNC1=O)C(=O)COC(F)(F)F. The van der Waals surface area contributed by atoms with Crippen LogP contribution in [0.5, 0.6) is 0 Å². The van der Waals surface area contributed by atoms with E-state index in [4.69, 9.17) is 0 Å². The Morgan fingerprint density at radius 2 is 1.66 bits per heavy atom. The van der Waals surface area contributed by atoms with Crippen LogP contribution < -0.4 is 21.3 Å². The highest BCUT2D eigenvalue weighted by Gasteiger charge is 2.68. The zero-order valence-corrected chi connectivity index (χ0v) is 22.9. The van der Waals surface area contributed by atoms with Crippen molar-refractivity contribution in [3.8, 4) is 0 Å². The van der Waals surface area contributed by atoms with E-state index < -0.39 is 60.1 Å². The summed E-state index contributed by atoms with van der Waals surface area (Å²) in [5.41, 5.74) is -0.742. The van der Waals surface area contributed by atoms with E-state index >= 15 is 0 Å². The van der Waals surface area contributed by atoms with Gasteiger partial charge in [-0.3, -0.25) is 28.7 Å². The van der Waals surface area contributed by atoms with Crippen LogP contribution in [0.15, 0.2) is 0 Å². The lowest BCUT2D eigenvalue weighted by Crippen LogP contribution is -2.64. The number of alkyl halides is 4. The number of carbonyl (C=O) groups is 5. The molecule has 0 spiro atoms. The molecule has 4 saturated carbocycles. The molecule has 41 heavy (non-hydrogen) atoms. The van der Waals surface area contributed by atoms with Crippen LogP contribution in [0.2, 0.25) is 0 Å². The second kappa shape index (κ2) is 12.6. The van der Waals surface area contributed by atoms with Crippen molar-refractivity contribution in [2.24, 2.45) is 17.3 Å². The molecule has 5 rings (SSSR count). The van der Waals surface area contributed by atoms with Crippen LogP contribution in [0.4, 0.5) is 17.6 Å². The van der Waals surface area contributed by atoms with Crippen molar-refractivity contribution in [1.29, 1.82) is 0 Å². The molecule has 2 bridgehead atoms. The molecule has 4 N–H and O–H groups in total. The summed E-state index contributed by atoms with van der Waals surface area (Å²) >= 11 is 0. The molecular weight excluding hydrogens is 552 g/mol. The van der Waals surface area contributed by atoms with Gasteiger partial charge >= 0.3 is 18.2 Å². The zero-order chi connectivity index (χ0) is 29.8. The van der Waals surface area contributed by atoms with E-state index in [-0.39, 0.29) is 36.6 Å². The molecule has 3 atom stereocenters. The molecule has 4 aliphatic carbocycles. The third-order valence-corrected chi connectivity index (χ3v) is 8.61. The Balaban J connectivity index is 1.24. The Labute approximate surface area is 235 Å². The number of ketones is 1. The predicted octanol–water partition coefficient (Wildman–Crippen LogP) is 1.96. The molecular formula is C27H38F4N4O6. The third kappa shape index (κ3) is 8.86. The number of halogens is 4. The van der Waals surface area contributed by atoms with Crippen LogP contribution in [-0.2, 0) is 28.7 Å². The van der Waals surface area contributed by atoms with Gasteiger partial charge in [-0.05, 0) is 62.7 Å². The average Bonchev–Trinajstić information content (AvgIpc) is 3.60. The summed E-state index contributed by atoms with van der Waals surface area (Å²) in [5.74, 6) is -4.80. The lowest BCUT2D eigenvalue weighted by Gasteiger charge is -2.66. The van der Waals surface area contributed by atoms with Crippen molar-refractivity contribution in [2.75, 3.05) is 19.7 Å². The molecule has 4 amide bonds. The van der Waals surface area contributed by atoms with Gasteiger partial charge in [0.2, 0.25) is 11.8 Å². The van der Waals surface area contributed by atoms with Gasteiger partial charge in [0.25, 0.3) is 0 Å². The maximum Gasteiger partial charge on any atom is 0.522 e. The third-order valence-electron chi connectivity index (χ3n) is 8.61. The maximum absolute atomic E-state index is 13.6. The van der Waals surface area contributed by atoms with Gasteiger partial charge in [-0.25, -0.2) is 4.39 Å². The molecule has 0 aromatic rings. The summed E-state index contributed by atoms with van der Waals surface area (Å²) in [4.78, 5) is 62.6. The Kier molecular flexibility index (Phi) is 9.59. The molecule has 1 aliphatic heterocycles. The molecule has 10 nitrogen and oxygen atoms in total. The first-order valence-electron chi connectivity index (χ1n) is 14.4. The summed E-state index contributed by atoms with van der Waals surface area (Å²) in [6.45, 7) is -0.749. The van der Waals surface area contributed by atoms with E-state index in [1.807, 2.05) is 0 Å². The first-order valence-corrected chi connectivity index (χ1v) is 14.4. The first kappa shape index (κ1) is 31.2. The highest BCUT2D eigenvalue weighted by Crippen LogP contribution is 2.71. The van der Waals surface area contributed by atoms with Crippen LogP contribution in [0.1, 0.15) is 77.0 Å².